The predicted octanol–water partition coefficient (Wildman–Crippen LogP) is 4.78. The van der Waals surface area contributed by atoms with E-state index in [2.05, 4.69) is 43.4 Å². The second-order valence-electron chi connectivity index (χ2n) is 6.31. The molecule has 0 saturated carbocycles. The van der Waals surface area contributed by atoms with Crippen molar-refractivity contribution in [2.75, 3.05) is 0 Å². The van der Waals surface area contributed by atoms with Crippen LogP contribution in [0.25, 0.3) is 6.08 Å². The van der Waals surface area contributed by atoms with E-state index in [1.165, 1.54) is 5.56 Å². The molecule has 2 rings (SSSR count). The van der Waals surface area contributed by atoms with Gasteiger partial charge < -0.3 is 5.32 Å². The molecule has 1 atom stereocenters. The average molecular weight is 307 g/mol. The van der Waals surface area contributed by atoms with Gasteiger partial charge in [-0.15, -0.1) is 0 Å². The third-order valence-corrected chi connectivity index (χ3v) is 3.71. The third kappa shape index (κ3) is 5.74. The van der Waals surface area contributed by atoms with Crippen LogP contribution >= 0.6 is 0 Å². The molecule has 0 bridgehead atoms. The summed E-state index contributed by atoms with van der Waals surface area (Å²) >= 11 is 0. The summed E-state index contributed by atoms with van der Waals surface area (Å²) in [5.74, 6) is 0.578. The average Bonchev–Trinajstić information content (AvgIpc) is 2.54. The number of benzene rings is 2. The molecule has 0 aliphatic carbocycles. The van der Waals surface area contributed by atoms with Gasteiger partial charge >= 0.3 is 0 Å². The van der Waals surface area contributed by atoms with E-state index in [4.69, 9.17) is 0 Å². The highest BCUT2D eigenvalue weighted by atomic mass is 16.1. The molecule has 2 nitrogen and oxygen atoms in total. The van der Waals surface area contributed by atoms with Crippen molar-refractivity contribution < 1.29 is 4.79 Å². The van der Waals surface area contributed by atoms with Crippen LogP contribution in [0.1, 0.15) is 43.5 Å². The van der Waals surface area contributed by atoms with Crippen molar-refractivity contribution >= 4 is 12.0 Å². The van der Waals surface area contributed by atoms with Gasteiger partial charge in [-0.2, -0.15) is 0 Å². The molecule has 0 fully saturated rings. The molecule has 120 valence electrons. The van der Waals surface area contributed by atoms with Gasteiger partial charge in [0.25, 0.3) is 0 Å². The lowest BCUT2D eigenvalue weighted by Gasteiger charge is -2.12. The zero-order chi connectivity index (χ0) is 16.7. The monoisotopic (exact) mass is 307 g/mol. The molecule has 0 heterocycles. The van der Waals surface area contributed by atoms with Crippen molar-refractivity contribution in [2.45, 2.75) is 33.2 Å². The van der Waals surface area contributed by atoms with Crippen LogP contribution in [-0.4, -0.2) is 5.91 Å². The molecule has 0 spiro atoms. The highest BCUT2D eigenvalue weighted by Gasteiger charge is 2.06. The molecule has 0 aliphatic rings. The normalized spacial score (nSPS) is 12.5. The number of amides is 1. The van der Waals surface area contributed by atoms with Gasteiger partial charge in [-0.3, -0.25) is 4.79 Å². The Morgan fingerprint density at radius 1 is 1.00 bits per heavy atom. The van der Waals surface area contributed by atoms with Crippen LogP contribution < -0.4 is 5.32 Å². The molecule has 1 N–H and O–H groups in total. The van der Waals surface area contributed by atoms with E-state index < -0.39 is 0 Å². The van der Waals surface area contributed by atoms with Crippen molar-refractivity contribution in [3.63, 3.8) is 0 Å². The number of carbonyl (C=O) groups excluding carboxylic acids is 1. The quantitative estimate of drug-likeness (QED) is 0.765. The third-order valence-electron chi connectivity index (χ3n) is 3.71. The molecule has 0 aliphatic heterocycles. The van der Waals surface area contributed by atoms with Gasteiger partial charge in [-0.05, 0) is 42.0 Å². The van der Waals surface area contributed by atoms with E-state index in [-0.39, 0.29) is 11.9 Å². The molecule has 0 radical (unpaired) electrons. The molecular formula is C21H25NO. The molecule has 1 unspecified atom stereocenters. The summed E-state index contributed by atoms with van der Waals surface area (Å²) in [6.07, 6.45) is 4.53. The Morgan fingerprint density at radius 3 is 2.26 bits per heavy atom. The van der Waals surface area contributed by atoms with E-state index in [0.717, 1.165) is 17.5 Å². The lowest BCUT2D eigenvalue weighted by Crippen LogP contribution is -2.24. The first-order chi connectivity index (χ1) is 11.0. The van der Waals surface area contributed by atoms with Crippen LogP contribution in [-0.2, 0) is 11.2 Å². The fourth-order valence-corrected chi connectivity index (χ4v) is 2.49. The summed E-state index contributed by atoms with van der Waals surface area (Å²) in [5, 5.41) is 2.98. The Morgan fingerprint density at radius 2 is 1.65 bits per heavy atom. The zero-order valence-electron chi connectivity index (χ0n) is 14.1. The molecule has 0 aromatic heterocycles. The van der Waals surface area contributed by atoms with Gasteiger partial charge in [0.1, 0.15) is 0 Å². The van der Waals surface area contributed by atoms with Crippen molar-refractivity contribution in [3.05, 3.63) is 77.4 Å². The molecule has 2 aromatic carbocycles. The maximum atomic E-state index is 12.0. The minimum Gasteiger partial charge on any atom is -0.346 e. The lowest BCUT2D eigenvalue weighted by atomic mass is 10.0. The number of hydrogen-bond donors (Lipinski definition) is 1. The molecule has 2 heteroatoms. The van der Waals surface area contributed by atoms with Crippen LogP contribution in [0.3, 0.4) is 0 Å². The smallest absolute Gasteiger partial charge is 0.244 e. The van der Waals surface area contributed by atoms with Crippen LogP contribution in [0.4, 0.5) is 0 Å². The topological polar surface area (TPSA) is 29.1 Å². The first-order valence-electron chi connectivity index (χ1n) is 8.17. The van der Waals surface area contributed by atoms with Crippen LogP contribution in [0.5, 0.6) is 0 Å². The standard InChI is InChI=1S/C21H25NO/c1-16(2)15-19-11-9-18(10-12-19)13-14-21(23)22-17(3)20-7-5-4-6-8-20/h4-14,16-17H,15H2,1-3H3,(H,22,23)/b14-13+. The Hall–Kier alpha value is -2.35. The summed E-state index contributed by atoms with van der Waals surface area (Å²) < 4.78 is 0. The summed E-state index contributed by atoms with van der Waals surface area (Å²) in [5.41, 5.74) is 3.48. The molecular weight excluding hydrogens is 282 g/mol. The molecule has 23 heavy (non-hydrogen) atoms. The summed E-state index contributed by atoms with van der Waals surface area (Å²) in [4.78, 5) is 12.0. The number of rotatable bonds is 6. The molecule has 0 saturated heterocycles. The van der Waals surface area contributed by atoms with Crippen LogP contribution in [0, 0.1) is 5.92 Å². The van der Waals surface area contributed by atoms with Gasteiger partial charge in [0, 0.05) is 6.08 Å². The summed E-state index contributed by atoms with van der Waals surface area (Å²) in [7, 11) is 0. The van der Waals surface area contributed by atoms with Crippen molar-refractivity contribution in [1.29, 1.82) is 0 Å². The minimum atomic E-state index is -0.0763. The number of nitrogens with one attached hydrogen (secondary N) is 1. The Balaban J connectivity index is 1.90. The largest absolute Gasteiger partial charge is 0.346 e. The van der Waals surface area contributed by atoms with Crippen molar-refractivity contribution in [2.24, 2.45) is 5.92 Å². The summed E-state index contributed by atoms with van der Waals surface area (Å²) in [6.45, 7) is 6.42. The Bertz CT molecular complexity index is 641. The maximum Gasteiger partial charge on any atom is 0.244 e. The fourth-order valence-electron chi connectivity index (χ4n) is 2.49. The van der Waals surface area contributed by atoms with Gasteiger partial charge in [-0.1, -0.05) is 68.4 Å². The van der Waals surface area contributed by atoms with Crippen molar-refractivity contribution in [1.82, 2.24) is 5.32 Å². The summed E-state index contributed by atoms with van der Waals surface area (Å²) in [6, 6.07) is 18.3. The minimum absolute atomic E-state index is 0.00164. The van der Waals surface area contributed by atoms with Gasteiger partial charge in [0.15, 0.2) is 0 Å². The van der Waals surface area contributed by atoms with Crippen LogP contribution in [0.15, 0.2) is 60.7 Å². The maximum absolute atomic E-state index is 12.0. The van der Waals surface area contributed by atoms with E-state index in [0.29, 0.717) is 5.92 Å². The number of hydrogen-bond acceptors (Lipinski definition) is 1. The van der Waals surface area contributed by atoms with Crippen LogP contribution in [0.2, 0.25) is 0 Å². The van der Waals surface area contributed by atoms with E-state index >= 15 is 0 Å². The first kappa shape index (κ1) is 17.0. The SMILES string of the molecule is CC(C)Cc1ccc(/C=C/C(=O)NC(C)c2ccccc2)cc1. The van der Waals surface area contributed by atoms with Gasteiger partial charge in [0.2, 0.25) is 5.91 Å². The molecule has 1 amide bonds. The van der Waals surface area contributed by atoms with E-state index in [1.807, 2.05) is 43.3 Å². The van der Waals surface area contributed by atoms with Crippen molar-refractivity contribution in [3.8, 4) is 0 Å². The first-order valence-corrected chi connectivity index (χ1v) is 8.17. The van der Waals surface area contributed by atoms with Gasteiger partial charge in [-0.25, -0.2) is 0 Å². The Kier molecular flexibility index (Phi) is 6.16. The van der Waals surface area contributed by atoms with Gasteiger partial charge in [0.05, 0.1) is 6.04 Å². The number of carbonyl (C=O) groups is 1. The fraction of sp³-hybridized carbons (Fsp3) is 0.286. The zero-order valence-corrected chi connectivity index (χ0v) is 14.1. The van der Waals surface area contributed by atoms with E-state index in [9.17, 15) is 4.79 Å². The highest BCUT2D eigenvalue weighted by Crippen LogP contribution is 2.12. The lowest BCUT2D eigenvalue weighted by molar-refractivity contribution is -0.117. The predicted molar refractivity (Wildman–Crippen MR) is 97.0 cm³/mol. The highest BCUT2D eigenvalue weighted by molar-refractivity contribution is 5.91. The second kappa shape index (κ2) is 8.33. The molecule has 2 aromatic rings. The second-order valence-corrected chi connectivity index (χ2v) is 6.31. The van der Waals surface area contributed by atoms with E-state index in [1.54, 1.807) is 6.08 Å². The Labute approximate surface area is 139 Å².